The summed E-state index contributed by atoms with van der Waals surface area (Å²) >= 11 is 0. The van der Waals surface area contributed by atoms with Gasteiger partial charge in [-0.2, -0.15) is 0 Å². The van der Waals surface area contributed by atoms with Gasteiger partial charge in [-0.25, -0.2) is 9.18 Å². The molecule has 102 valence electrons. The molecular weight excluding hydrogens is 257 g/mol. The molecule has 1 aliphatic heterocycles. The number of anilines is 1. The van der Waals surface area contributed by atoms with Gasteiger partial charge >= 0.3 is 5.97 Å². The maximum Gasteiger partial charge on any atom is 0.335 e. The number of carbonyl (C=O) groups is 2. The quantitative estimate of drug-likeness (QED) is 0.850. The van der Waals surface area contributed by atoms with Gasteiger partial charge in [-0.3, -0.25) is 4.79 Å². The van der Waals surface area contributed by atoms with Crippen LogP contribution in [0.4, 0.5) is 10.1 Å². The second-order valence-corrected chi connectivity index (χ2v) is 3.92. The van der Waals surface area contributed by atoms with Crippen LogP contribution >= 0.6 is 0 Å². The molecule has 1 amide bonds. The summed E-state index contributed by atoms with van der Waals surface area (Å²) in [6.45, 7) is 0.786. The molecule has 1 aliphatic rings. The Morgan fingerprint density at radius 3 is 2.79 bits per heavy atom. The highest BCUT2D eigenvalue weighted by Crippen LogP contribution is 2.17. The summed E-state index contributed by atoms with van der Waals surface area (Å²) in [6.07, 6.45) is -0.818. The summed E-state index contributed by atoms with van der Waals surface area (Å²) in [4.78, 5) is 22.5. The van der Waals surface area contributed by atoms with E-state index in [2.05, 4.69) is 5.32 Å². The minimum Gasteiger partial charge on any atom is -0.478 e. The van der Waals surface area contributed by atoms with E-state index in [1.165, 1.54) is 0 Å². The Balaban J connectivity index is 2.11. The summed E-state index contributed by atoms with van der Waals surface area (Å²) in [7, 11) is 0. The average molecular weight is 269 g/mol. The maximum atomic E-state index is 13.5. The van der Waals surface area contributed by atoms with E-state index in [9.17, 15) is 14.0 Å². The number of hydrogen-bond donors (Lipinski definition) is 2. The molecule has 0 unspecified atom stereocenters. The lowest BCUT2D eigenvalue weighted by Gasteiger charge is -2.22. The minimum atomic E-state index is -1.20. The smallest absolute Gasteiger partial charge is 0.335 e. The van der Waals surface area contributed by atoms with Crippen molar-refractivity contribution in [1.29, 1.82) is 0 Å². The molecule has 0 spiro atoms. The zero-order valence-electron chi connectivity index (χ0n) is 9.89. The molecule has 1 aromatic carbocycles. The Kier molecular flexibility index (Phi) is 4.08. The number of halogens is 1. The number of amides is 1. The van der Waals surface area contributed by atoms with Gasteiger partial charge in [-0.1, -0.05) is 0 Å². The van der Waals surface area contributed by atoms with E-state index in [0.29, 0.717) is 6.61 Å². The van der Waals surface area contributed by atoms with Crippen LogP contribution in [0.15, 0.2) is 18.2 Å². The number of rotatable bonds is 3. The van der Waals surface area contributed by atoms with E-state index in [0.717, 1.165) is 18.2 Å². The van der Waals surface area contributed by atoms with Gasteiger partial charge in [0.15, 0.2) is 6.10 Å². The SMILES string of the molecule is O=C(O)c1ccc(F)c(NC(=O)[C@@H]2COCCO2)c1. The fourth-order valence-electron chi connectivity index (χ4n) is 1.61. The number of benzene rings is 1. The first-order valence-electron chi connectivity index (χ1n) is 5.61. The number of carboxylic acids is 1. The number of aromatic carboxylic acids is 1. The summed E-state index contributed by atoms with van der Waals surface area (Å²) in [6, 6.07) is 3.16. The third-order valence-corrected chi connectivity index (χ3v) is 2.58. The van der Waals surface area contributed by atoms with Crippen LogP contribution in [0.3, 0.4) is 0 Å². The van der Waals surface area contributed by atoms with Crippen LogP contribution in [0.2, 0.25) is 0 Å². The fraction of sp³-hybridized carbons (Fsp3) is 0.333. The highest BCUT2D eigenvalue weighted by Gasteiger charge is 2.23. The highest BCUT2D eigenvalue weighted by molar-refractivity contribution is 5.96. The third-order valence-electron chi connectivity index (χ3n) is 2.58. The first kappa shape index (κ1) is 13.4. The normalized spacial score (nSPS) is 18.9. The van der Waals surface area contributed by atoms with Gasteiger partial charge in [0.2, 0.25) is 0 Å². The van der Waals surface area contributed by atoms with Crippen molar-refractivity contribution in [3.63, 3.8) is 0 Å². The van der Waals surface area contributed by atoms with E-state index >= 15 is 0 Å². The zero-order chi connectivity index (χ0) is 13.8. The highest BCUT2D eigenvalue weighted by atomic mass is 19.1. The largest absolute Gasteiger partial charge is 0.478 e. The molecule has 1 atom stereocenters. The predicted molar refractivity (Wildman–Crippen MR) is 62.5 cm³/mol. The van der Waals surface area contributed by atoms with Crippen molar-refractivity contribution in [3.8, 4) is 0 Å². The van der Waals surface area contributed by atoms with Crippen LogP contribution < -0.4 is 5.32 Å². The average Bonchev–Trinajstić information content (AvgIpc) is 2.42. The van der Waals surface area contributed by atoms with Crippen LogP contribution in [0, 0.1) is 5.82 Å². The minimum absolute atomic E-state index is 0.0894. The lowest BCUT2D eigenvalue weighted by atomic mass is 10.2. The zero-order valence-corrected chi connectivity index (χ0v) is 9.89. The fourth-order valence-corrected chi connectivity index (χ4v) is 1.61. The monoisotopic (exact) mass is 269 g/mol. The molecule has 1 heterocycles. The Morgan fingerprint density at radius 2 is 2.16 bits per heavy atom. The lowest BCUT2D eigenvalue weighted by molar-refractivity contribution is -0.142. The van der Waals surface area contributed by atoms with Crippen molar-refractivity contribution in [2.75, 3.05) is 25.1 Å². The van der Waals surface area contributed by atoms with Crippen LogP contribution in [0.25, 0.3) is 0 Å². The molecule has 1 aromatic rings. The standard InChI is InChI=1S/C12H12FNO5/c13-8-2-1-7(12(16)17)5-9(8)14-11(15)10-6-18-3-4-19-10/h1-2,5,10H,3-4,6H2,(H,14,15)(H,16,17)/t10-/m0/s1. The summed E-state index contributed by atoms with van der Waals surface area (Å²) in [5.74, 6) is -2.48. The molecule has 0 radical (unpaired) electrons. The van der Waals surface area contributed by atoms with Crippen molar-refractivity contribution in [2.45, 2.75) is 6.10 Å². The molecule has 6 nitrogen and oxygen atoms in total. The lowest BCUT2D eigenvalue weighted by Crippen LogP contribution is -2.39. The summed E-state index contributed by atoms with van der Waals surface area (Å²) < 4.78 is 23.7. The van der Waals surface area contributed by atoms with E-state index in [4.69, 9.17) is 14.6 Å². The van der Waals surface area contributed by atoms with Crippen molar-refractivity contribution < 1.29 is 28.6 Å². The van der Waals surface area contributed by atoms with Gasteiger partial charge in [0.05, 0.1) is 31.1 Å². The first-order valence-corrected chi connectivity index (χ1v) is 5.61. The van der Waals surface area contributed by atoms with Gasteiger partial charge < -0.3 is 19.9 Å². The van der Waals surface area contributed by atoms with E-state index in [-0.39, 0.29) is 24.5 Å². The molecular formula is C12H12FNO5. The number of carbonyl (C=O) groups excluding carboxylic acids is 1. The van der Waals surface area contributed by atoms with Crippen LogP contribution in [0.5, 0.6) is 0 Å². The molecule has 0 saturated carbocycles. The molecule has 0 aromatic heterocycles. The Labute approximate surface area is 108 Å². The van der Waals surface area contributed by atoms with Crippen molar-refractivity contribution in [1.82, 2.24) is 0 Å². The second-order valence-electron chi connectivity index (χ2n) is 3.92. The Morgan fingerprint density at radius 1 is 1.37 bits per heavy atom. The molecule has 1 fully saturated rings. The van der Waals surface area contributed by atoms with E-state index in [1.807, 2.05) is 0 Å². The van der Waals surface area contributed by atoms with Gasteiger partial charge in [0.1, 0.15) is 5.82 Å². The van der Waals surface area contributed by atoms with Crippen LogP contribution in [-0.4, -0.2) is 42.9 Å². The Bertz CT molecular complexity index is 499. The molecule has 2 rings (SSSR count). The van der Waals surface area contributed by atoms with Crippen molar-refractivity contribution in [2.24, 2.45) is 0 Å². The molecule has 7 heteroatoms. The van der Waals surface area contributed by atoms with E-state index < -0.39 is 23.8 Å². The number of nitrogens with one attached hydrogen (secondary N) is 1. The number of hydrogen-bond acceptors (Lipinski definition) is 4. The second kappa shape index (κ2) is 5.77. The van der Waals surface area contributed by atoms with Gasteiger partial charge in [0, 0.05) is 0 Å². The Hall–Kier alpha value is -1.99. The molecule has 0 bridgehead atoms. The molecule has 1 saturated heterocycles. The number of ether oxygens (including phenoxy) is 2. The van der Waals surface area contributed by atoms with E-state index in [1.54, 1.807) is 0 Å². The first-order chi connectivity index (χ1) is 9.08. The summed E-state index contributed by atoms with van der Waals surface area (Å²) in [5, 5.41) is 11.1. The van der Waals surface area contributed by atoms with Gasteiger partial charge in [-0.05, 0) is 18.2 Å². The van der Waals surface area contributed by atoms with Crippen LogP contribution in [0.1, 0.15) is 10.4 Å². The van der Waals surface area contributed by atoms with Crippen molar-refractivity contribution >= 4 is 17.6 Å². The molecule has 19 heavy (non-hydrogen) atoms. The maximum absolute atomic E-state index is 13.5. The van der Waals surface area contributed by atoms with Crippen LogP contribution in [-0.2, 0) is 14.3 Å². The predicted octanol–water partition coefficient (Wildman–Crippen LogP) is 0.878. The van der Waals surface area contributed by atoms with Crippen molar-refractivity contribution in [3.05, 3.63) is 29.6 Å². The molecule has 2 N–H and O–H groups in total. The topological polar surface area (TPSA) is 84.9 Å². The van der Waals surface area contributed by atoms with Gasteiger partial charge in [-0.15, -0.1) is 0 Å². The molecule has 0 aliphatic carbocycles. The van der Waals surface area contributed by atoms with Gasteiger partial charge in [0.25, 0.3) is 5.91 Å². The summed E-state index contributed by atoms with van der Waals surface area (Å²) in [5.41, 5.74) is -0.309. The number of carboxylic acid groups (broad SMARTS) is 1. The third kappa shape index (κ3) is 3.27.